The van der Waals surface area contributed by atoms with Crippen molar-refractivity contribution in [2.75, 3.05) is 6.61 Å². The first-order valence-electron chi connectivity index (χ1n) is 7.95. The molecular formula is C19H17ClN2O4. The van der Waals surface area contributed by atoms with E-state index in [1.807, 2.05) is 32.0 Å². The van der Waals surface area contributed by atoms with Gasteiger partial charge >= 0.3 is 5.97 Å². The van der Waals surface area contributed by atoms with Crippen molar-refractivity contribution in [2.24, 2.45) is 0 Å². The molecule has 6 nitrogen and oxygen atoms in total. The van der Waals surface area contributed by atoms with Gasteiger partial charge < -0.3 is 14.0 Å². The highest BCUT2D eigenvalue weighted by molar-refractivity contribution is 6.30. The molecule has 26 heavy (non-hydrogen) atoms. The highest BCUT2D eigenvalue weighted by Crippen LogP contribution is 2.20. The van der Waals surface area contributed by atoms with Gasteiger partial charge in [0.25, 0.3) is 5.89 Å². The van der Waals surface area contributed by atoms with Crippen LogP contribution in [-0.4, -0.2) is 22.7 Å². The first-order valence-corrected chi connectivity index (χ1v) is 8.33. The number of esters is 1. The molecular weight excluding hydrogens is 356 g/mol. The predicted octanol–water partition coefficient (Wildman–Crippen LogP) is 4.13. The van der Waals surface area contributed by atoms with Crippen LogP contribution in [0.25, 0.3) is 11.4 Å². The van der Waals surface area contributed by atoms with Crippen molar-refractivity contribution in [1.82, 2.24) is 10.1 Å². The Morgan fingerprint density at radius 1 is 1.15 bits per heavy atom. The molecule has 134 valence electrons. The van der Waals surface area contributed by atoms with Gasteiger partial charge in [0.1, 0.15) is 5.75 Å². The van der Waals surface area contributed by atoms with Crippen LogP contribution in [0.2, 0.25) is 5.02 Å². The SMILES string of the molecule is Cc1ccc(C)c(OCC(=O)OCc2nc(-c3ccc(Cl)cc3)no2)c1. The number of nitrogens with zero attached hydrogens (tertiary/aromatic N) is 2. The number of carbonyl (C=O) groups excluding carboxylic acids is 1. The van der Waals surface area contributed by atoms with Crippen molar-refractivity contribution in [3.8, 4) is 17.1 Å². The molecule has 0 aliphatic heterocycles. The first-order chi connectivity index (χ1) is 12.5. The van der Waals surface area contributed by atoms with Crippen molar-refractivity contribution in [3.63, 3.8) is 0 Å². The second kappa shape index (κ2) is 8.01. The number of rotatable bonds is 6. The quantitative estimate of drug-likeness (QED) is 0.606. The Labute approximate surface area is 155 Å². The van der Waals surface area contributed by atoms with Crippen molar-refractivity contribution >= 4 is 17.6 Å². The van der Waals surface area contributed by atoms with E-state index in [1.165, 1.54) is 0 Å². The van der Waals surface area contributed by atoms with E-state index in [0.717, 1.165) is 16.7 Å². The number of aryl methyl sites for hydroxylation is 2. The Bertz CT molecular complexity index is 906. The van der Waals surface area contributed by atoms with Gasteiger partial charge in [0, 0.05) is 10.6 Å². The molecule has 0 saturated heterocycles. The van der Waals surface area contributed by atoms with E-state index >= 15 is 0 Å². The number of carbonyl (C=O) groups is 1. The standard InChI is InChI=1S/C19H17ClN2O4/c1-12-3-4-13(2)16(9-12)24-11-18(23)25-10-17-21-19(22-26-17)14-5-7-15(20)8-6-14/h3-9H,10-11H2,1-2H3. The molecule has 0 atom stereocenters. The fourth-order valence-corrected chi connectivity index (χ4v) is 2.34. The van der Waals surface area contributed by atoms with E-state index in [-0.39, 0.29) is 19.1 Å². The van der Waals surface area contributed by atoms with Crippen LogP contribution in [0.15, 0.2) is 47.0 Å². The molecule has 0 radical (unpaired) electrons. The molecule has 0 unspecified atom stereocenters. The summed E-state index contributed by atoms with van der Waals surface area (Å²) < 4.78 is 15.7. The zero-order valence-corrected chi connectivity index (χ0v) is 15.1. The molecule has 1 aromatic heterocycles. The summed E-state index contributed by atoms with van der Waals surface area (Å²) in [7, 11) is 0. The summed E-state index contributed by atoms with van der Waals surface area (Å²) in [6.45, 7) is 3.56. The highest BCUT2D eigenvalue weighted by atomic mass is 35.5. The largest absolute Gasteiger partial charge is 0.482 e. The van der Waals surface area contributed by atoms with E-state index < -0.39 is 5.97 Å². The Hall–Kier alpha value is -2.86. The molecule has 0 aliphatic carbocycles. The zero-order chi connectivity index (χ0) is 18.5. The second-order valence-corrected chi connectivity index (χ2v) is 6.17. The lowest BCUT2D eigenvalue weighted by Crippen LogP contribution is -2.15. The summed E-state index contributed by atoms with van der Waals surface area (Å²) >= 11 is 5.85. The molecule has 2 aromatic carbocycles. The van der Waals surface area contributed by atoms with Crippen LogP contribution in [0.5, 0.6) is 5.75 Å². The van der Waals surface area contributed by atoms with Crippen molar-refractivity contribution in [1.29, 1.82) is 0 Å². The number of halogens is 1. The lowest BCUT2D eigenvalue weighted by molar-refractivity contribution is -0.148. The third kappa shape index (κ3) is 4.61. The molecule has 0 aliphatic rings. The van der Waals surface area contributed by atoms with Crippen LogP contribution < -0.4 is 4.74 Å². The summed E-state index contributed by atoms with van der Waals surface area (Å²) in [6.07, 6.45) is 0. The number of hydrogen-bond donors (Lipinski definition) is 0. The molecule has 0 N–H and O–H groups in total. The van der Waals surface area contributed by atoms with Crippen LogP contribution in [0.1, 0.15) is 17.0 Å². The molecule has 0 saturated carbocycles. The van der Waals surface area contributed by atoms with Crippen LogP contribution in [-0.2, 0) is 16.1 Å². The number of benzene rings is 2. The maximum Gasteiger partial charge on any atom is 0.344 e. The Morgan fingerprint density at radius 2 is 1.92 bits per heavy atom. The molecule has 0 amide bonds. The molecule has 0 bridgehead atoms. The van der Waals surface area contributed by atoms with E-state index in [4.69, 9.17) is 25.6 Å². The summed E-state index contributed by atoms with van der Waals surface area (Å²) in [5, 5.41) is 4.48. The van der Waals surface area contributed by atoms with Crippen LogP contribution in [0, 0.1) is 13.8 Å². The van der Waals surface area contributed by atoms with Gasteiger partial charge in [0.2, 0.25) is 5.82 Å². The molecule has 3 aromatic rings. The lowest BCUT2D eigenvalue weighted by atomic mass is 10.1. The summed E-state index contributed by atoms with van der Waals surface area (Å²) in [6, 6.07) is 12.8. The smallest absolute Gasteiger partial charge is 0.344 e. The summed E-state index contributed by atoms with van der Waals surface area (Å²) in [5.41, 5.74) is 2.77. The van der Waals surface area contributed by atoms with Crippen molar-refractivity contribution < 1.29 is 18.8 Å². The average Bonchev–Trinajstić information content (AvgIpc) is 3.10. The molecule has 3 rings (SSSR count). The van der Waals surface area contributed by atoms with Gasteiger partial charge in [-0.3, -0.25) is 0 Å². The normalized spacial score (nSPS) is 10.6. The van der Waals surface area contributed by atoms with Gasteiger partial charge in [-0.1, -0.05) is 28.9 Å². The molecule has 0 fully saturated rings. The number of ether oxygens (including phenoxy) is 2. The fourth-order valence-electron chi connectivity index (χ4n) is 2.21. The number of hydrogen-bond acceptors (Lipinski definition) is 6. The summed E-state index contributed by atoms with van der Waals surface area (Å²) in [4.78, 5) is 16.0. The molecule has 1 heterocycles. The van der Waals surface area contributed by atoms with Gasteiger partial charge in [-0.15, -0.1) is 0 Å². The third-order valence-corrected chi connectivity index (χ3v) is 3.87. The topological polar surface area (TPSA) is 74.5 Å². The van der Waals surface area contributed by atoms with Gasteiger partial charge in [-0.2, -0.15) is 4.98 Å². The summed E-state index contributed by atoms with van der Waals surface area (Å²) in [5.74, 6) is 0.747. The third-order valence-electron chi connectivity index (χ3n) is 3.62. The van der Waals surface area contributed by atoms with Gasteiger partial charge in [0.15, 0.2) is 13.2 Å². The van der Waals surface area contributed by atoms with E-state index in [1.54, 1.807) is 24.3 Å². The van der Waals surface area contributed by atoms with E-state index in [9.17, 15) is 4.79 Å². The van der Waals surface area contributed by atoms with Crippen LogP contribution in [0.3, 0.4) is 0 Å². The van der Waals surface area contributed by atoms with Crippen LogP contribution in [0.4, 0.5) is 0 Å². The van der Waals surface area contributed by atoms with Gasteiger partial charge in [0.05, 0.1) is 0 Å². The minimum absolute atomic E-state index is 0.115. The predicted molar refractivity (Wildman–Crippen MR) is 96.0 cm³/mol. The fraction of sp³-hybridized carbons (Fsp3) is 0.211. The Kier molecular flexibility index (Phi) is 5.53. The first kappa shape index (κ1) is 17.9. The zero-order valence-electron chi connectivity index (χ0n) is 14.4. The minimum Gasteiger partial charge on any atom is -0.482 e. The van der Waals surface area contributed by atoms with E-state index in [2.05, 4.69) is 10.1 Å². The Balaban J connectivity index is 1.52. The monoisotopic (exact) mass is 372 g/mol. The maximum absolute atomic E-state index is 11.8. The minimum atomic E-state index is -0.517. The Morgan fingerprint density at radius 3 is 2.69 bits per heavy atom. The van der Waals surface area contributed by atoms with Gasteiger partial charge in [-0.25, -0.2) is 4.79 Å². The highest BCUT2D eigenvalue weighted by Gasteiger charge is 2.12. The van der Waals surface area contributed by atoms with Gasteiger partial charge in [-0.05, 0) is 55.3 Å². The number of aromatic nitrogens is 2. The average molecular weight is 373 g/mol. The maximum atomic E-state index is 11.8. The van der Waals surface area contributed by atoms with Crippen molar-refractivity contribution in [2.45, 2.75) is 20.5 Å². The van der Waals surface area contributed by atoms with Crippen LogP contribution >= 0.6 is 11.6 Å². The molecule has 7 heteroatoms. The van der Waals surface area contributed by atoms with Crippen molar-refractivity contribution in [3.05, 3.63) is 64.5 Å². The second-order valence-electron chi connectivity index (χ2n) is 5.74. The lowest BCUT2D eigenvalue weighted by Gasteiger charge is -2.09. The molecule has 0 spiro atoms. The van der Waals surface area contributed by atoms with E-state index in [0.29, 0.717) is 16.6 Å².